The van der Waals surface area contributed by atoms with Crippen molar-refractivity contribution in [1.82, 2.24) is 10.3 Å². The highest BCUT2D eigenvalue weighted by molar-refractivity contribution is 7.99. The molecular weight excluding hydrogens is 256 g/mol. The van der Waals surface area contributed by atoms with Crippen LogP contribution in [0.5, 0.6) is 0 Å². The predicted octanol–water partition coefficient (Wildman–Crippen LogP) is 3.25. The number of nitrogens with one attached hydrogen (secondary N) is 1. The highest BCUT2D eigenvalue weighted by atomic mass is 32.2. The van der Waals surface area contributed by atoms with Gasteiger partial charge in [0.15, 0.2) is 11.5 Å². The van der Waals surface area contributed by atoms with Crippen LogP contribution >= 0.6 is 11.8 Å². The first-order valence-corrected chi connectivity index (χ1v) is 8.23. The van der Waals surface area contributed by atoms with Gasteiger partial charge >= 0.3 is 0 Å². The number of thioether (sulfide) groups is 1. The normalized spacial score (nSPS) is 19.9. The van der Waals surface area contributed by atoms with Crippen molar-refractivity contribution < 1.29 is 4.42 Å². The van der Waals surface area contributed by atoms with Crippen molar-refractivity contribution in [2.45, 2.75) is 31.7 Å². The smallest absolute Gasteiger partial charge is 0.195 e. The topological polar surface area (TPSA) is 38.1 Å². The number of hydrogen-bond donors (Lipinski definition) is 1. The van der Waals surface area contributed by atoms with Gasteiger partial charge in [-0.1, -0.05) is 12.1 Å². The van der Waals surface area contributed by atoms with Gasteiger partial charge in [0.25, 0.3) is 0 Å². The maximum Gasteiger partial charge on any atom is 0.195 e. The van der Waals surface area contributed by atoms with Crippen molar-refractivity contribution in [1.29, 1.82) is 0 Å². The summed E-state index contributed by atoms with van der Waals surface area (Å²) in [5.41, 5.74) is 1.86. The molecule has 1 atom stereocenters. The van der Waals surface area contributed by atoms with Gasteiger partial charge in [0, 0.05) is 18.2 Å². The summed E-state index contributed by atoms with van der Waals surface area (Å²) >= 11 is 2.07. The van der Waals surface area contributed by atoms with Crippen LogP contribution in [0.15, 0.2) is 28.7 Å². The Labute approximate surface area is 118 Å². The van der Waals surface area contributed by atoms with Crippen LogP contribution < -0.4 is 5.32 Å². The third-order valence-electron chi connectivity index (χ3n) is 3.50. The Morgan fingerprint density at radius 2 is 2.32 bits per heavy atom. The molecule has 1 aliphatic heterocycles. The number of fused-ring (bicyclic) bond motifs is 1. The molecule has 3 nitrogen and oxygen atoms in total. The van der Waals surface area contributed by atoms with Crippen molar-refractivity contribution >= 4 is 22.9 Å². The van der Waals surface area contributed by atoms with Crippen LogP contribution in [-0.2, 0) is 6.42 Å². The summed E-state index contributed by atoms with van der Waals surface area (Å²) in [6.45, 7) is 1.06. The molecule has 0 amide bonds. The minimum Gasteiger partial charge on any atom is -0.441 e. The van der Waals surface area contributed by atoms with Gasteiger partial charge in [-0.25, -0.2) is 4.98 Å². The van der Waals surface area contributed by atoms with Gasteiger partial charge in [0.2, 0.25) is 0 Å². The second kappa shape index (κ2) is 6.44. The summed E-state index contributed by atoms with van der Waals surface area (Å²) < 4.78 is 5.72. The third-order valence-corrected chi connectivity index (χ3v) is 4.71. The van der Waals surface area contributed by atoms with Crippen LogP contribution in [0.3, 0.4) is 0 Å². The second-order valence-corrected chi connectivity index (χ2v) is 6.20. The molecule has 0 unspecified atom stereocenters. The van der Waals surface area contributed by atoms with E-state index >= 15 is 0 Å². The summed E-state index contributed by atoms with van der Waals surface area (Å²) in [5.74, 6) is 3.46. The Morgan fingerprint density at radius 1 is 1.37 bits per heavy atom. The number of nitrogens with zero attached hydrogens (tertiary/aromatic N) is 1. The quantitative estimate of drug-likeness (QED) is 0.851. The molecule has 0 aliphatic carbocycles. The largest absolute Gasteiger partial charge is 0.441 e. The molecule has 1 N–H and O–H groups in total. The zero-order valence-electron chi connectivity index (χ0n) is 11.1. The van der Waals surface area contributed by atoms with Crippen LogP contribution in [0.2, 0.25) is 0 Å². The third kappa shape index (κ3) is 3.51. The zero-order chi connectivity index (χ0) is 12.9. The first kappa shape index (κ1) is 13.0. The summed E-state index contributed by atoms with van der Waals surface area (Å²) in [7, 11) is 0. The SMILES string of the molecule is c1ccc2oc(CCCN[C@H]3CCCSC3)nc2c1. The molecule has 0 spiro atoms. The molecule has 1 saturated heterocycles. The molecule has 1 aromatic heterocycles. The minimum absolute atomic E-state index is 0.711. The lowest BCUT2D eigenvalue weighted by molar-refractivity contribution is 0.476. The Bertz CT molecular complexity index is 487. The first-order valence-electron chi connectivity index (χ1n) is 7.07. The molecule has 1 aromatic carbocycles. The van der Waals surface area contributed by atoms with Gasteiger partial charge in [-0.05, 0) is 43.7 Å². The van der Waals surface area contributed by atoms with Gasteiger partial charge in [0.05, 0.1) is 0 Å². The van der Waals surface area contributed by atoms with Crippen LogP contribution in [0.25, 0.3) is 11.1 Å². The molecule has 2 heterocycles. The second-order valence-electron chi connectivity index (χ2n) is 5.05. The van der Waals surface area contributed by atoms with Gasteiger partial charge in [-0.15, -0.1) is 0 Å². The van der Waals surface area contributed by atoms with Crippen molar-refractivity contribution in [2.24, 2.45) is 0 Å². The van der Waals surface area contributed by atoms with Crippen molar-refractivity contribution in [3.8, 4) is 0 Å². The van der Waals surface area contributed by atoms with E-state index in [9.17, 15) is 0 Å². The number of benzene rings is 1. The fraction of sp³-hybridized carbons (Fsp3) is 0.533. The lowest BCUT2D eigenvalue weighted by Crippen LogP contribution is -2.34. The van der Waals surface area contributed by atoms with E-state index in [1.807, 2.05) is 24.3 Å². The molecule has 102 valence electrons. The number of aryl methyl sites for hydroxylation is 1. The number of para-hydroxylation sites is 2. The zero-order valence-corrected chi connectivity index (χ0v) is 11.9. The Kier molecular flexibility index (Phi) is 4.41. The average Bonchev–Trinajstić information content (AvgIpc) is 2.87. The molecule has 0 saturated carbocycles. The van der Waals surface area contributed by atoms with Crippen molar-refractivity contribution in [3.05, 3.63) is 30.2 Å². The number of rotatable bonds is 5. The highest BCUT2D eigenvalue weighted by Gasteiger charge is 2.12. The summed E-state index contributed by atoms with van der Waals surface area (Å²) in [5, 5.41) is 3.64. The Morgan fingerprint density at radius 3 is 3.16 bits per heavy atom. The van der Waals surface area contributed by atoms with Crippen LogP contribution in [-0.4, -0.2) is 29.1 Å². The number of hydrogen-bond acceptors (Lipinski definition) is 4. The average molecular weight is 276 g/mol. The van der Waals surface area contributed by atoms with Crippen molar-refractivity contribution in [3.63, 3.8) is 0 Å². The molecule has 3 rings (SSSR count). The molecule has 0 bridgehead atoms. The predicted molar refractivity (Wildman–Crippen MR) is 80.7 cm³/mol. The minimum atomic E-state index is 0.711. The Balaban J connectivity index is 1.44. The van der Waals surface area contributed by atoms with Crippen LogP contribution in [0.4, 0.5) is 0 Å². The summed E-state index contributed by atoms with van der Waals surface area (Å²) in [6, 6.07) is 8.67. The van der Waals surface area contributed by atoms with Gasteiger partial charge in [-0.3, -0.25) is 0 Å². The fourth-order valence-corrected chi connectivity index (χ4v) is 3.58. The van der Waals surface area contributed by atoms with Crippen molar-refractivity contribution in [2.75, 3.05) is 18.1 Å². The van der Waals surface area contributed by atoms with E-state index in [4.69, 9.17) is 4.42 Å². The monoisotopic (exact) mass is 276 g/mol. The molecule has 1 aliphatic rings. The first-order chi connectivity index (χ1) is 9.42. The molecule has 2 aromatic rings. The number of oxazole rings is 1. The summed E-state index contributed by atoms with van der Waals surface area (Å²) in [4.78, 5) is 4.50. The van der Waals surface area contributed by atoms with Gasteiger partial charge < -0.3 is 9.73 Å². The van der Waals surface area contributed by atoms with Crippen LogP contribution in [0.1, 0.15) is 25.2 Å². The lowest BCUT2D eigenvalue weighted by Gasteiger charge is -2.22. The lowest BCUT2D eigenvalue weighted by atomic mass is 10.2. The highest BCUT2D eigenvalue weighted by Crippen LogP contribution is 2.17. The standard InChI is InChI=1S/C15H20N2OS/c1-2-7-14-13(6-1)17-15(18-14)8-3-9-16-12-5-4-10-19-11-12/h1-2,6-7,12,16H,3-5,8-11H2/t12-/m0/s1. The fourth-order valence-electron chi connectivity index (χ4n) is 2.47. The maximum atomic E-state index is 5.72. The van der Waals surface area contributed by atoms with E-state index in [-0.39, 0.29) is 0 Å². The Hall–Kier alpha value is -1.00. The maximum absolute atomic E-state index is 5.72. The molecule has 4 heteroatoms. The van der Waals surface area contributed by atoms with E-state index in [2.05, 4.69) is 22.1 Å². The molecule has 1 fully saturated rings. The van der Waals surface area contributed by atoms with E-state index in [0.717, 1.165) is 36.4 Å². The molecule has 19 heavy (non-hydrogen) atoms. The molecule has 0 radical (unpaired) electrons. The number of aromatic nitrogens is 1. The summed E-state index contributed by atoms with van der Waals surface area (Å²) in [6.07, 6.45) is 4.69. The van der Waals surface area contributed by atoms with E-state index < -0.39 is 0 Å². The van der Waals surface area contributed by atoms with Gasteiger partial charge in [0.1, 0.15) is 5.52 Å². The van der Waals surface area contributed by atoms with E-state index in [1.165, 1.54) is 24.3 Å². The van der Waals surface area contributed by atoms with E-state index in [0.29, 0.717) is 6.04 Å². The van der Waals surface area contributed by atoms with Gasteiger partial charge in [-0.2, -0.15) is 11.8 Å². The molecular formula is C15H20N2OS. The van der Waals surface area contributed by atoms with E-state index in [1.54, 1.807) is 0 Å². The van der Waals surface area contributed by atoms with Crippen LogP contribution in [0, 0.1) is 0 Å².